The summed E-state index contributed by atoms with van der Waals surface area (Å²) in [5.41, 5.74) is 0.860. The number of allylic oxidation sites excluding steroid dienone is 2. The molecule has 0 amide bonds. The van der Waals surface area contributed by atoms with Crippen molar-refractivity contribution in [3.63, 3.8) is 0 Å². The lowest BCUT2D eigenvalue weighted by atomic mass is 9.82. The molecule has 49 heavy (non-hydrogen) atoms. The minimum Gasteiger partial charge on any atom is -0.431 e. The van der Waals surface area contributed by atoms with Crippen molar-refractivity contribution in [2.24, 2.45) is 5.92 Å². The Labute approximate surface area is 308 Å². The highest BCUT2D eigenvalue weighted by Gasteiger charge is 2.45. The molecule has 5 atom stereocenters. The van der Waals surface area contributed by atoms with Gasteiger partial charge in [0, 0.05) is 25.6 Å². The first-order chi connectivity index (χ1) is 23.8. The van der Waals surface area contributed by atoms with Gasteiger partial charge in [0.15, 0.2) is 0 Å². The van der Waals surface area contributed by atoms with E-state index >= 15 is 0 Å². The van der Waals surface area contributed by atoms with Gasteiger partial charge in [0.1, 0.15) is 33.3 Å². The number of nitrogens with one attached hydrogen (secondary N) is 1. The molecule has 1 aromatic carbocycles. The lowest BCUT2D eigenvalue weighted by molar-refractivity contribution is -0.0272. The van der Waals surface area contributed by atoms with Crippen LogP contribution in [0.3, 0.4) is 0 Å². The van der Waals surface area contributed by atoms with Gasteiger partial charge in [-0.05, 0) is 55.9 Å². The Balaban J connectivity index is 1.57. The van der Waals surface area contributed by atoms with E-state index in [4.69, 9.17) is 47.3 Å². The number of hydrogen-bond acceptors (Lipinski definition) is 8. The van der Waals surface area contributed by atoms with E-state index in [9.17, 15) is 9.69 Å². The van der Waals surface area contributed by atoms with Gasteiger partial charge in [-0.3, -0.25) is 0 Å². The predicted molar refractivity (Wildman–Crippen MR) is 210 cm³/mol. The predicted octanol–water partition coefficient (Wildman–Crippen LogP) is 9.08. The van der Waals surface area contributed by atoms with Crippen LogP contribution in [0.25, 0.3) is 0 Å². The Hall–Kier alpha value is -1.33. The molecule has 0 aliphatic carbocycles. The number of ether oxygens (including phenoxy) is 3. The van der Waals surface area contributed by atoms with Gasteiger partial charge >= 0.3 is 12.9 Å². The molecule has 0 radical (unpaired) electrons. The molecule has 0 bridgehead atoms. The molecule has 0 saturated carbocycles. The standard InChI is InChI=1S/C37H63BNO7PS2/c1-3-4-5-6-7-8-9-10-11-12-13-16-22-27-34(48)39-28-23-17-14-15-21-26-32-35(46-47(41,49)42-2)33(45-36(32)38)30-44-37(40)43-29-31-24-19-18-20-25-31/h15,18-21,24-25,32-33,35-36H,3-14,16-17,22-23,26-30,38H2,1-2H3,(H,39,48)(H,41,49)/b21-15+/t32?,33-,35-,36-,47?/m1/s1. The summed E-state index contributed by atoms with van der Waals surface area (Å²) in [6.45, 7) is -0.268. The Kier molecular flexibility index (Phi) is 24.5. The molecule has 0 aromatic heterocycles. The number of unbranched alkanes of at least 4 members (excludes halogenated alkanes) is 14. The molecule has 1 heterocycles. The zero-order chi connectivity index (χ0) is 35.6. The maximum atomic E-state index is 12.2. The van der Waals surface area contributed by atoms with Crippen molar-refractivity contribution < 1.29 is 32.9 Å². The summed E-state index contributed by atoms with van der Waals surface area (Å²) >= 11 is 10.7. The molecule has 1 fully saturated rings. The van der Waals surface area contributed by atoms with Gasteiger partial charge in [0.2, 0.25) is 0 Å². The van der Waals surface area contributed by atoms with Crippen LogP contribution in [0.1, 0.15) is 128 Å². The van der Waals surface area contributed by atoms with Crippen molar-refractivity contribution in [3.05, 3.63) is 48.0 Å². The Morgan fingerprint density at radius 1 is 0.939 bits per heavy atom. The first kappa shape index (κ1) is 43.8. The van der Waals surface area contributed by atoms with Crippen LogP contribution in [-0.4, -0.2) is 62.4 Å². The minimum absolute atomic E-state index is 0.0872. The molecule has 2 rings (SSSR count). The van der Waals surface area contributed by atoms with Crippen molar-refractivity contribution in [2.45, 2.75) is 147 Å². The van der Waals surface area contributed by atoms with Crippen molar-refractivity contribution in [3.8, 4) is 0 Å². The molecule has 278 valence electrons. The van der Waals surface area contributed by atoms with E-state index < -0.39 is 25.1 Å². The summed E-state index contributed by atoms with van der Waals surface area (Å²) in [6.07, 6.45) is 24.7. The first-order valence-corrected chi connectivity index (χ1v) is 21.7. The Bertz CT molecular complexity index is 1100. The van der Waals surface area contributed by atoms with Crippen LogP contribution in [-0.2, 0) is 41.7 Å². The lowest BCUT2D eigenvalue weighted by Crippen LogP contribution is -2.33. The number of benzene rings is 1. The fourth-order valence-electron chi connectivity index (χ4n) is 6.09. The van der Waals surface area contributed by atoms with E-state index in [0.29, 0.717) is 6.42 Å². The van der Waals surface area contributed by atoms with Crippen LogP contribution < -0.4 is 5.32 Å². The molecule has 2 N–H and O–H groups in total. The summed E-state index contributed by atoms with van der Waals surface area (Å²) < 4.78 is 27.6. The zero-order valence-corrected chi connectivity index (χ0v) is 32.9. The fourth-order valence-corrected chi connectivity index (χ4v) is 7.32. The molecule has 0 spiro atoms. The summed E-state index contributed by atoms with van der Waals surface area (Å²) in [5.74, 6) is -0.0982. The number of carbonyl (C=O) groups excluding carboxylic acids is 1. The highest BCUT2D eigenvalue weighted by Crippen LogP contribution is 2.48. The van der Waals surface area contributed by atoms with E-state index in [1.807, 2.05) is 38.2 Å². The number of thiocarbonyl (C=S) groups is 1. The van der Waals surface area contributed by atoms with Crippen LogP contribution in [0.2, 0.25) is 0 Å². The third-order valence-electron chi connectivity index (χ3n) is 9.03. The van der Waals surface area contributed by atoms with E-state index in [1.54, 1.807) is 0 Å². The third-order valence-corrected chi connectivity index (χ3v) is 11.1. The third kappa shape index (κ3) is 21.0. The lowest BCUT2D eigenvalue weighted by Gasteiger charge is -2.26. The number of rotatable bonds is 28. The molecule has 2 unspecified atom stereocenters. The van der Waals surface area contributed by atoms with Crippen LogP contribution in [0.4, 0.5) is 4.79 Å². The van der Waals surface area contributed by atoms with Gasteiger partial charge in [-0.2, -0.15) is 0 Å². The largest absolute Gasteiger partial charge is 0.508 e. The van der Waals surface area contributed by atoms with Crippen molar-refractivity contribution >= 4 is 49.7 Å². The maximum Gasteiger partial charge on any atom is 0.508 e. The molecule has 1 aliphatic heterocycles. The van der Waals surface area contributed by atoms with Gasteiger partial charge in [0.05, 0.1) is 4.99 Å². The summed E-state index contributed by atoms with van der Waals surface area (Å²) in [4.78, 5) is 23.6. The number of carbonyl (C=O) groups is 1. The minimum atomic E-state index is -3.47. The average Bonchev–Trinajstić information content (AvgIpc) is 3.38. The highest BCUT2D eigenvalue weighted by molar-refractivity contribution is 8.07. The fraction of sp³-hybridized carbons (Fsp3) is 0.730. The first-order valence-electron chi connectivity index (χ1n) is 18.7. The zero-order valence-electron chi connectivity index (χ0n) is 30.4. The number of hydrogen-bond donors (Lipinski definition) is 2. The van der Waals surface area contributed by atoms with Gasteiger partial charge < -0.3 is 33.5 Å². The summed E-state index contributed by atoms with van der Waals surface area (Å²) in [6, 6.07) is 9.17. The van der Waals surface area contributed by atoms with E-state index in [0.717, 1.165) is 42.8 Å². The Morgan fingerprint density at radius 3 is 2.20 bits per heavy atom. The van der Waals surface area contributed by atoms with Crippen LogP contribution in [0, 0.1) is 5.92 Å². The van der Waals surface area contributed by atoms with Gasteiger partial charge in [-0.25, -0.2) is 4.79 Å². The van der Waals surface area contributed by atoms with Crippen molar-refractivity contribution in [2.75, 3.05) is 20.3 Å². The van der Waals surface area contributed by atoms with Crippen molar-refractivity contribution in [1.82, 2.24) is 5.32 Å². The SMILES string of the molecule is B[C@@H]1O[C@H](COC(=O)OCc2ccccc2)[C@H](OP(O)(=S)OC)C1C/C=C/CCCCNC(=S)CCCCCCCCCCCCCCC. The molecule has 1 saturated heterocycles. The topological polar surface area (TPSA) is 95.5 Å². The molecule has 1 aliphatic rings. The molecule has 8 nitrogen and oxygen atoms in total. The van der Waals surface area contributed by atoms with Crippen LogP contribution in [0.15, 0.2) is 42.5 Å². The molecular weight excluding hydrogens is 676 g/mol. The van der Waals surface area contributed by atoms with Crippen molar-refractivity contribution in [1.29, 1.82) is 0 Å². The van der Waals surface area contributed by atoms with Gasteiger partial charge in [-0.15, -0.1) is 0 Å². The smallest absolute Gasteiger partial charge is 0.431 e. The Morgan fingerprint density at radius 2 is 1.57 bits per heavy atom. The molecule has 1 aromatic rings. The van der Waals surface area contributed by atoms with Gasteiger partial charge in [-0.1, -0.05) is 139 Å². The second kappa shape index (κ2) is 27.3. The normalized spacial score (nSPS) is 20.3. The van der Waals surface area contributed by atoms with E-state index in [2.05, 4.69) is 24.4 Å². The highest BCUT2D eigenvalue weighted by atomic mass is 32.5. The molecule has 12 heteroatoms. The summed E-state index contributed by atoms with van der Waals surface area (Å²) in [7, 11) is 3.27. The second-order valence-corrected chi connectivity index (χ2v) is 16.5. The maximum absolute atomic E-state index is 12.2. The summed E-state index contributed by atoms with van der Waals surface area (Å²) in [5, 5.41) is 3.43. The molecular formula is C37H63BNO7PS2. The average molecular weight is 740 g/mol. The van der Waals surface area contributed by atoms with Crippen LogP contribution in [0.5, 0.6) is 0 Å². The van der Waals surface area contributed by atoms with E-state index in [1.165, 1.54) is 90.6 Å². The second-order valence-electron chi connectivity index (χ2n) is 13.1. The van der Waals surface area contributed by atoms with E-state index in [-0.39, 0.29) is 25.1 Å². The van der Waals surface area contributed by atoms with Gasteiger partial charge in [0.25, 0.3) is 0 Å². The monoisotopic (exact) mass is 739 g/mol. The quantitative estimate of drug-likeness (QED) is 0.0217. The van der Waals surface area contributed by atoms with Crippen LogP contribution >= 0.6 is 18.9 Å².